The normalized spacial score (nSPS) is 17.3. The van der Waals surface area contributed by atoms with E-state index in [1.165, 1.54) is 0 Å². The fourth-order valence-corrected chi connectivity index (χ4v) is 4.16. The van der Waals surface area contributed by atoms with E-state index in [2.05, 4.69) is 9.89 Å². The number of piperidine rings is 1. The van der Waals surface area contributed by atoms with Gasteiger partial charge in [0, 0.05) is 30.6 Å². The number of benzene rings is 2. The lowest BCUT2D eigenvalue weighted by Gasteiger charge is -2.38. The molecule has 1 fully saturated rings. The van der Waals surface area contributed by atoms with Gasteiger partial charge in [0.25, 0.3) is 12.0 Å². The van der Waals surface area contributed by atoms with Crippen LogP contribution in [0.3, 0.4) is 0 Å². The summed E-state index contributed by atoms with van der Waals surface area (Å²) >= 11 is 0. The molecule has 2 aromatic rings. The SMILES string of the molecule is O=C(c1ccc(N2CC=Nc3ccccc32)cc1)N1CCC(O)(CCC=C(F)F)CC1. The van der Waals surface area contributed by atoms with Gasteiger partial charge in [0.15, 0.2) is 0 Å². The molecule has 0 saturated carbocycles. The second kappa shape index (κ2) is 8.98. The van der Waals surface area contributed by atoms with Crippen LogP contribution in [0, 0.1) is 0 Å². The summed E-state index contributed by atoms with van der Waals surface area (Å²) in [6, 6.07) is 15.4. The number of carbonyl (C=O) groups is 1. The van der Waals surface area contributed by atoms with E-state index in [0.717, 1.165) is 23.1 Å². The Bertz CT molecular complexity index is 992. The van der Waals surface area contributed by atoms with Gasteiger partial charge in [0.05, 0.1) is 23.5 Å². The summed E-state index contributed by atoms with van der Waals surface area (Å²) in [6.07, 6.45) is 2.18. The molecule has 2 aliphatic heterocycles. The molecular formula is C24H25F2N3O2. The molecule has 4 rings (SSSR count). The summed E-state index contributed by atoms with van der Waals surface area (Å²) in [6.45, 7) is 1.49. The molecule has 0 spiro atoms. The van der Waals surface area contributed by atoms with Crippen LogP contribution in [0.2, 0.25) is 0 Å². The third-order valence-corrected chi connectivity index (χ3v) is 5.98. The lowest BCUT2D eigenvalue weighted by Crippen LogP contribution is -2.46. The summed E-state index contributed by atoms with van der Waals surface area (Å²) in [5.41, 5.74) is 2.53. The summed E-state index contributed by atoms with van der Waals surface area (Å²) in [4.78, 5) is 21.2. The van der Waals surface area contributed by atoms with Crippen molar-refractivity contribution < 1.29 is 18.7 Å². The number of nitrogens with zero attached hydrogens (tertiary/aromatic N) is 3. The maximum absolute atomic E-state index is 12.9. The molecule has 1 amide bonds. The highest BCUT2D eigenvalue weighted by atomic mass is 19.3. The maximum Gasteiger partial charge on any atom is 0.266 e. The highest BCUT2D eigenvalue weighted by Gasteiger charge is 2.33. The summed E-state index contributed by atoms with van der Waals surface area (Å²) < 4.78 is 24.4. The number of likely N-dealkylation sites (tertiary alicyclic amines) is 1. The third kappa shape index (κ3) is 4.82. The van der Waals surface area contributed by atoms with E-state index in [1.807, 2.05) is 54.7 Å². The number of rotatable bonds is 5. The Balaban J connectivity index is 1.38. The van der Waals surface area contributed by atoms with E-state index in [1.54, 1.807) is 4.90 Å². The molecule has 2 heterocycles. The number of aliphatic hydroxyl groups is 1. The van der Waals surface area contributed by atoms with Gasteiger partial charge in [-0.2, -0.15) is 8.78 Å². The lowest BCUT2D eigenvalue weighted by atomic mass is 9.87. The van der Waals surface area contributed by atoms with Crippen LogP contribution < -0.4 is 4.90 Å². The van der Waals surface area contributed by atoms with Crippen molar-refractivity contribution >= 4 is 29.2 Å². The van der Waals surface area contributed by atoms with Crippen molar-refractivity contribution in [2.24, 2.45) is 4.99 Å². The van der Waals surface area contributed by atoms with Crippen LogP contribution in [0.1, 0.15) is 36.0 Å². The van der Waals surface area contributed by atoms with Crippen LogP contribution >= 0.6 is 0 Å². The first-order valence-corrected chi connectivity index (χ1v) is 10.5. The number of hydrogen-bond donors (Lipinski definition) is 1. The largest absolute Gasteiger partial charge is 0.390 e. The molecule has 7 heteroatoms. The van der Waals surface area contributed by atoms with Crippen molar-refractivity contribution in [3.05, 3.63) is 66.3 Å². The Kier molecular flexibility index (Phi) is 6.13. The highest BCUT2D eigenvalue weighted by Crippen LogP contribution is 2.36. The first-order chi connectivity index (χ1) is 15.0. The van der Waals surface area contributed by atoms with Gasteiger partial charge in [-0.25, -0.2) is 0 Å². The summed E-state index contributed by atoms with van der Waals surface area (Å²) in [5, 5.41) is 10.6. The van der Waals surface area contributed by atoms with Crippen LogP contribution in [0.4, 0.5) is 25.8 Å². The minimum Gasteiger partial charge on any atom is -0.390 e. The number of anilines is 2. The second-order valence-electron chi connectivity index (χ2n) is 8.01. The summed E-state index contributed by atoms with van der Waals surface area (Å²) in [7, 11) is 0. The van der Waals surface area contributed by atoms with Crippen LogP contribution in [0.5, 0.6) is 0 Å². The minimum absolute atomic E-state index is 0.0797. The maximum atomic E-state index is 12.9. The van der Waals surface area contributed by atoms with Crippen molar-refractivity contribution in [1.29, 1.82) is 0 Å². The van der Waals surface area contributed by atoms with E-state index in [0.29, 0.717) is 38.0 Å². The average Bonchev–Trinajstić information content (AvgIpc) is 2.78. The predicted octanol–water partition coefficient (Wildman–Crippen LogP) is 5.07. The van der Waals surface area contributed by atoms with E-state index >= 15 is 0 Å². The van der Waals surface area contributed by atoms with E-state index in [4.69, 9.17) is 0 Å². The van der Waals surface area contributed by atoms with E-state index in [9.17, 15) is 18.7 Å². The Morgan fingerprint density at radius 1 is 1.10 bits per heavy atom. The van der Waals surface area contributed by atoms with Crippen LogP contribution in [0.15, 0.2) is 65.7 Å². The average molecular weight is 425 g/mol. The minimum atomic E-state index is -1.72. The highest BCUT2D eigenvalue weighted by molar-refractivity contribution is 5.95. The quantitative estimate of drug-likeness (QED) is 0.728. The van der Waals surface area contributed by atoms with Gasteiger partial charge in [-0.15, -0.1) is 0 Å². The Labute approximate surface area is 180 Å². The Morgan fingerprint density at radius 2 is 1.81 bits per heavy atom. The molecule has 2 aromatic carbocycles. The number of allylic oxidation sites excluding steroid dienone is 1. The number of para-hydroxylation sites is 2. The van der Waals surface area contributed by atoms with Gasteiger partial charge >= 0.3 is 0 Å². The predicted molar refractivity (Wildman–Crippen MR) is 118 cm³/mol. The number of aliphatic imine (C=N–C) groups is 1. The second-order valence-corrected chi connectivity index (χ2v) is 8.01. The zero-order valence-electron chi connectivity index (χ0n) is 17.2. The van der Waals surface area contributed by atoms with Crippen molar-refractivity contribution in [1.82, 2.24) is 4.90 Å². The number of amides is 1. The van der Waals surface area contributed by atoms with Crippen molar-refractivity contribution in [3.8, 4) is 0 Å². The molecule has 0 unspecified atom stereocenters. The molecule has 162 valence electrons. The van der Waals surface area contributed by atoms with Gasteiger partial charge < -0.3 is 14.9 Å². The molecule has 5 nitrogen and oxygen atoms in total. The fourth-order valence-electron chi connectivity index (χ4n) is 4.16. The van der Waals surface area contributed by atoms with E-state index < -0.39 is 11.7 Å². The molecule has 0 aliphatic carbocycles. The van der Waals surface area contributed by atoms with Gasteiger partial charge in [0.1, 0.15) is 0 Å². The van der Waals surface area contributed by atoms with Crippen molar-refractivity contribution in [2.75, 3.05) is 24.5 Å². The van der Waals surface area contributed by atoms with Crippen molar-refractivity contribution in [3.63, 3.8) is 0 Å². The molecule has 0 radical (unpaired) electrons. The monoisotopic (exact) mass is 425 g/mol. The number of hydrogen-bond acceptors (Lipinski definition) is 4. The molecule has 0 aromatic heterocycles. The van der Waals surface area contributed by atoms with Crippen LogP contribution in [-0.2, 0) is 0 Å². The molecule has 0 bridgehead atoms. The van der Waals surface area contributed by atoms with Gasteiger partial charge in [-0.05, 0) is 68.2 Å². The zero-order chi connectivity index (χ0) is 21.8. The number of halogens is 2. The Morgan fingerprint density at radius 3 is 2.52 bits per heavy atom. The lowest BCUT2D eigenvalue weighted by molar-refractivity contribution is -0.0222. The van der Waals surface area contributed by atoms with Crippen LogP contribution in [0.25, 0.3) is 0 Å². The molecular weight excluding hydrogens is 400 g/mol. The molecule has 1 saturated heterocycles. The molecule has 31 heavy (non-hydrogen) atoms. The van der Waals surface area contributed by atoms with Gasteiger partial charge in [-0.1, -0.05) is 12.1 Å². The number of fused-ring (bicyclic) bond motifs is 1. The summed E-state index contributed by atoms with van der Waals surface area (Å²) in [5.74, 6) is -0.0797. The first kappa shape index (κ1) is 21.2. The van der Waals surface area contributed by atoms with Crippen LogP contribution in [-0.4, -0.2) is 47.4 Å². The van der Waals surface area contributed by atoms with Gasteiger partial charge in [-0.3, -0.25) is 9.79 Å². The third-order valence-electron chi connectivity index (χ3n) is 5.98. The fraction of sp³-hybridized carbons (Fsp3) is 0.333. The van der Waals surface area contributed by atoms with E-state index in [-0.39, 0.29) is 18.7 Å². The molecule has 2 aliphatic rings. The first-order valence-electron chi connectivity index (χ1n) is 10.5. The van der Waals surface area contributed by atoms with Gasteiger partial charge in [0.2, 0.25) is 0 Å². The van der Waals surface area contributed by atoms with Crippen molar-refractivity contribution in [2.45, 2.75) is 31.3 Å². The Hall–Kier alpha value is -3.06. The topological polar surface area (TPSA) is 56.1 Å². The zero-order valence-corrected chi connectivity index (χ0v) is 17.2. The smallest absolute Gasteiger partial charge is 0.266 e. The number of carbonyl (C=O) groups excluding carboxylic acids is 1. The molecule has 0 atom stereocenters. The standard InChI is InChI=1S/C24H25F2N3O2/c25-22(26)6-3-11-24(31)12-15-28(16-13-24)23(30)18-7-9-19(10-8-18)29-17-14-27-20-4-1-2-5-21(20)29/h1-2,4-10,14,31H,3,11-13,15-17H2. The molecule has 1 N–H and O–H groups in total.